The second-order valence-electron chi connectivity index (χ2n) is 5.68. The van der Waals surface area contributed by atoms with Crippen molar-refractivity contribution in [1.82, 2.24) is 5.43 Å². The molecule has 24 heavy (non-hydrogen) atoms. The summed E-state index contributed by atoms with van der Waals surface area (Å²) in [6.07, 6.45) is 2.79. The molecule has 5 nitrogen and oxygen atoms in total. The van der Waals surface area contributed by atoms with E-state index in [2.05, 4.69) is 17.5 Å². The number of hydrazone groups is 1. The summed E-state index contributed by atoms with van der Waals surface area (Å²) in [7, 11) is 0. The number of nitrogens with one attached hydrogen (secondary N) is 1. The Kier molecular flexibility index (Phi) is 5.05. The Bertz CT molecular complexity index is 738. The number of anilines is 1. The van der Waals surface area contributed by atoms with Crippen LogP contribution in [0.2, 0.25) is 0 Å². The van der Waals surface area contributed by atoms with Gasteiger partial charge in [-0.1, -0.05) is 25.1 Å². The molecule has 3 rings (SSSR count). The first kappa shape index (κ1) is 16.4. The summed E-state index contributed by atoms with van der Waals surface area (Å²) in [5.74, 6) is -0.616. The van der Waals surface area contributed by atoms with E-state index in [1.165, 1.54) is 5.56 Å². The van der Waals surface area contributed by atoms with Gasteiger partial charge in [0.2, 0.25) is 11.8 Å². The van der Waals surface area contributed by atoms with Gasteiger partial charge in [0.15, 0.2) is 0 Å². The lowest BCUT2D eigenvalue weighted by Gasteiger charge is -2.16. The lowest BCUT2D eigenvalue weighted by atomic mass is 10.1. The first-order chi connectivity index (χ1) is 11.7. The van der Waals surface area contributed by atoms with E-state index in [-0.39, 0.29) is 24.2 Å². The van der Waals surface area contributed by atoms with Gasteiger partial charge in [-0.3, -0.25) is 9.59 Å². The largest absolute Gasteiger partial charge is 0.312 e. The number of rotatable bonds is 5. The number of hydrogen-bond acceptors (Lipinski definition) is 4. The minimum absolute atomic E-state index is 0.0263. The van der Waals surface area contributed by atoms with Crippen LogP contribution >= 0.6 is 11.3 Å². The molecule has 0 spiro atoms. The van der Waals surface area contributed by atoms with Crippen LogP contribution in [0.5, 0.6) is 0 Å². The predicted molar refractivity (Wildman–Crippen MR) is 96.3 cm³/mol. The predicted octanol–water partition coefficient (Wildman–Crippen LogP) is 2.81. The molecular weight excluding hydrogens is 322 g/mol. The van der Waals surface area contributed by atoms with E-state index in [9.17, 15) is 9.59 Å². The van der Waals surface area contributed by atoms with Crippen molar-refractivity contribution in [3.63, 3.8) is 0 Å². The molecule has 124 valence electrons. The molecule has 1 saturated heterocycles. The van der Waals surface area contributed by atoms with Gasteiger partial charge in [0.25, 0.3) is 0 Å². The summed E-state index contributed by atoms with van der Waals surface area (Å²) in [5, 5.41) is 5.90. The van der Waals surface area contributed by atoms with Gasteiger partial charge in [0.05, 0.1) is 12.1 Å². The van der Waals surface area contributed by atoms with Crippen molar-refractivity contribution in [3.8, 4) is 0 Å². The average molecular weight is 341 g/mol. The number of benzene rings is 1. The molecule has 2 heterocycles. The Morgan fingerprint density at radius 2 is 2.17 bits per heavy atom. The number of thiophene rings is 1. The molecule has 0 radical (unpaired) electrons. The highest BCUT2D eigenvalue weighted by atomic mass is 32.1. The average Bonchev–Trinajstić information content (AvgIpc) is 3.24. The van der Waals surface area contributed by atoms with Crippen LogP contribution in [-0.2, 0) is 16.0 Å². The van der Waals surface area contributed by atoms with Gasteiger partial charge in [-0.15, -0.1) is 11.3 Å². The zero-order chi connectivity index (χ0) is 16.9. The van der Waals surface area contributed by atoms with Crippen molar-refractivity contribution in [2.45, 2.75) is 19.8 Å². The normalized spacial score (nSPS) is 17.6. The van der Waals surface area contributed by atoms with E-state index in [1.54, 1.807) is 22.5 Å². The molecule has 1 aliphatic heterocycles. The topological polar surface area (TPSA) is 61.8 Å². The number of hydrogen-bond donors (Lipinski definition) is 1. The van der Waals surface area contributed by atoms with Gasteiger partial charge in [-0.05, 0) is 35.6 Å². The van der Waals surface area contributed by atoms with Gasteiger partial charge in [-0.25, -0.2) is 5.43 Å². The molecular formula is C18H19N3O2S. The number of amides is 2. The van der Waals surface area contributed by atoms with Crippen LogP contribution in [0, 0.1) is 5.92 Å². The van der Waals surface area contributed by atoms with Crippen LogP contribution in [0.15, 0.2) is 46.9 Å². The third kappa shape index (κ3) is 3.71. The minimum Gasteiger partial charge on any atom is -0.312 e. The highest BCUT2D eigenvalue weighted by Gasteiger charge is 2.35. The van der Waals surface area contributed by atoms with E-state index in [4.69, 9.17) is 0 Å². The lowest BCUT2D eigenvalue weighted by Crippen LogP contribution is -2.30. The molecule has 1 aliphatic rings. The third-order valence-corrected chi connectivity index (χ3v) is 4.87. The van der Waals surface area contributed by atoms with Crippen molar-refractivity contribution >= 4 is 35.1 Å². The van der Waals surface area contributed by atoms with Crippen molar-refractivity contribution in [2.24, 2.45) is 11.0 Å². The molecule has 0 bridgehead atoms. The fraction of sp³-hybridized carbons (Fsp3) is 0.278. The Balaban J connectivity index is 1.60. The van der Waals surface area contributed by atoms with Crippen LogP contribution in [0.3, 0.4) is 0 Å². The molecule has 1 fully saturated rings. The Labute approximate surface area is 145 Å². The molecule has 6 heteroatoms. The molecule has 0 aliphatic carbocycles. The van der Waals surface area contributed by atoms with E-state index < -0.39 is 0 Å². The van der Waals surface area contributed by atoms with Crippen molar-refractivity contribution < 1.29 is 9.59 Å². The number of aryl methyl sites for hydroxylation is 1. The number of carbonyl (C=O) groups excluding carboxylic acids is 2. The quantitative estimate of drug-likeness (QED) is 0.671. The van der Waals surface area contributed by atoms with Crippen molar-refractivity contribution in [1.29, 1.82) is 0 Å². The fourth-order valence-corrected chi connectivity index (χ4v) is 3.24. The Hall–Kier alpha value is -2.47. The van der Waals surface area contributed by atoms with Crippen LogP contribution in [0.4, 0.5) is 5.69 Å². The molecule has 2 aromatic rings. The van der Waals surface area contributed by atoms with Gasteiger partial charge in [0, 0.05) is 23.5 Å². The standard InChI is InChI=1S/C18H19N3O2S/c1-2-13-5-7-15(8-6-13)21-12-14(10-17(21)22)18(23)20-19-11-16-4-3-9-24-16/h3-9,11,14H,2,10,12H2,1H3,(H,20,23)/b19-11+/t14-/m0/s1. The molecule has 0 saturated carbocycles. The number of nitrogens with zero attached hydrogens (tertiary/aromatic N) is 2. The first-order valence-corrected chi connectivity index (χ1v) is 8.81. The number of carbonyl (C=O) groups is 2. The van der Waals surface area contributed by atoms with Gasteiger partial charge in [0.1, 0.15) is 0 Å². The zero-order valence-electron chi connectivity index (χ0n) is 13.4. The Morgan fingerprint density at radius 1 is 1.38 bits per heavy atom. The van der Waals surface area contributed by atoms with Gasteiger partial charge >= 0.3 is 0 Å². The first-order valence-electron chi connectivity index (χ1n) is 7.93. The van der Waals surface area contributed by atoms with Crippen LogP contribution in [0.25, 0.3) is 0 Å². The summed E-state index contributed by atoms with van der Waals surface area (Å²) >= 11 is 1.54. The maximum absolute atomic E-state index is 12.2. The van der Waals surface area contributed by atoms with E-state index in [0.717, 1.165) is 17.0 Å². The van der Waals surface area contributed by atoms with Gasteiger partial charge < -0.3 is 4.90 Å². The highest BCUT2D eigenvalue weighted by molar-refractivity contribution is 7.11. The molecule has 1 aromatic carbocycles. The minimum atomic E-state index is -0.371. The lowest BCUT2D eigenvalue weighted by molar-refractivity contribution is -0.126. The van der Waals surface area contributed by atoms with Gasteiger partial charge in [-0.2, -0.15) is 5.10 Å². The molecule has 2 amide bonds. The Morgan fingerprint density at radius 3 is 2.83 bits per heavy atom. The SMILES string of the molecule is CCc1ccc(N2C[C@@H](C(=O)N/N=C/c3cccs3)CC2=O)cc1. The summed E-state index contributed by atoms with van der Waals surface area (Å²) in [6.45, 7) is 2.48. The summed E-state index contributed by atoms with van der Waals surface area (Å²) in [5.41, 5.74) is 4.60. The molecule has 1 N–H and O–H groups in total. The second-order valence-corrected chi connectivity index (χ2v) is 6.65. The van der Waals surface area contributed by atoms with E-state index in [1.807, 2.05) is 41.8 Å². The molecule has 1 atom stereocenters. The summed E-state index contributed by atoms with van der Waals surface area (Å²) < 4.78 is 0. The van der Waals surface area contributed by atoms with Crippen LogP contribution in [0.1, 0.15) is 23.8 Å². The van der Waals surface area contributed by atoms with E-state index in [0.29, 0.717) is 6.54 Å². The van der Waals surface area contributed by atoms with Crippen LogP contribution < -0.4 is 10.3 Å². The maximum atomic E-state index is 12.2. The van der Waals surface area contributed by atoms with E-state index >= 15 is 0 Å². The monoisotopic (exact) mass is 341 g/mol. The fourth-order valence-electron chi connectivity index (χ4n) is 2.66. The summed E-state index contributed by atoms with van der Waals surface area (Å²) in [6, 6.07) is 11.7. The van der Waals surface area contributed by atoms with Crippen LogP contribution in [-0.4, -0.2) is 24.6 Å². The zero-order valence-corrected chi connectivity index (χ0v) is 14.3. The molecule has 1 aromatic heterocycles. The third-order valence-electron chi connectivity index (χ3n) is 4.06. The van der Waals surface area contributed by atoms with Crippen molar-refractivity contribution in [3.05, 3.63) is 52.2 Å². The molecule has 0 unspecified atom stereocenters. The van der Waals surface area contributed by atoms with Crippen molar-refractivity contribution in [2.75, 3.05) is 11.4 Å². The smallest absolute Gasteiger partial charge is 0.245 e. The highest BCUT2D eigenvalue weighted by Crippen LogP contribution is 2.25. The summed E-state index contributed by atoms with van der Waals surface area (Å²) in [4.78, 5) is 27.1. The second kappa shape index (κ2) is 7.40. The maximum Gasteiger partial charge on any atom is 0.245 e.